The number of rotatable bonds is 16. The Bertz CT molecular complexity index is 2480. The molecule has 18 heteroatoms. The van der Waals surface area contributed by atoms with Gasteiger partial charge in [0.25, 0.3) is 17.7 Å². The van der Waals surface area contributed by atoms with Gasteiger partial charge in [-0.3, -0.25) is 53.5 Å². The molecule has 4 aliphatic carbocycles. The number of benzene rings is 1. The highest BCUT2D eigenvalue weighted by molar-refractivity contribution is 6.38. The summed E-state index contributed by atoms with van der Waals surface area (Å²) in [7, 11) is 0. The van der Waals surface area contributed by atoms with Crippen molar-refractivity contribution >= 4 is 53.0 Å². The van der Waals surface area contributed by atoms with E-state index in [1.165, 1.54) is 6.20 Å². The summed E-state index contributed by atoms with van der Waals surface area (Å²) >= 11 is 0. The first-order valence-corrected chi connectivity index (χ1v) is 26.6. The molecule has 18 nitrogen and oxygen atoms in total. The second-order valence-electron chi connectivity index (χ2n) is 22.8. The number of fused-ring (bicyclic) bond motifs is 2. The molecule has 3 aliphatic heterocycles. The van der Waals surface area contributed by atoms with E-state index in [4.69, 9.17) is 4.98 Å². The molecule has 4 saturated carbocycles. The van der Waals surface area contributed by atoms with Crippen molar-refractivity contribution in [3.8, 4) is 0 Å². The van der Waals surface area contributed by atoms with Gasteiger partial charge >= 0.3 is 0 Å². The van der Waals surface area contributed by atoms with Gasteiger partial charge in [0, 0.05) is 43.2 Å². The average Bonchev–Trinajstić information content (AvgIpc) is 3.66. The molecule has 0 bridgehead atoms. The van der Waals surface area contributed by atoms with Gasteiger partial charge in [0.1, 0.15) is 29.9 Å². The normalized spacial score (nSPS) is 26.5. The molecular formula is C54H71N9O9. The molecule has 72 heavy (non-hydrogen) atoms. The van der Waals surface area contributed by atoms with E-state index in [2.05, 4.69) is 37.6 Å². The monoisotopic (exact) mass is 990 g/mol. The standard InChI is InChI=1S/C54H71N9O9/c1-5-10-38(45(65)51(70)57-35-18-19-35)58-50(69)44-36-14-9-13-33(36)27-63(44)53(72)46(54(2,3)4)61-49(68)43(29-11-7-6-8-12-29)60-47(66)40-26-55-39(25-56-40)32-16-15-30(23-32)31-17-20-37-34(24-31)28-62(52(37)71)41-21-22-42(64)59-48(41)67/h17,20,24-26,29-30,32-33,35-36,38,41,43-44,46H,5-16,18-19,21-23,27-28H2,1-4H3,(H,57,70)(H,58,69)(H,60,66)(H,61,68)(H,59,64,67)/t30?,32-,33-,36-,38+,41?,43-,44-,46+/m0/s1. The van der Waals surface area contributed by atoms with Crippen LogP contribution >= 0.6 is 0 Å². The Hall–Kier alpha value is -6.07. The minimum absolute atomic E-state index is 0.0133. The molecule has 9 rings (SSSR count). The molecule has 2 aromatic rings. The average molecular weight is 990 g/mol. The fraction of sp³-hybridized carbons (Fsp3) is 0.648. The van der Waals surface area contributed by atoms with E-state index in [1.807, 2.05) is 39.8 Å². The Morgan fingerprint density at radius 2 is 1.60 bits per heavy atom. The smallest absolute Gasteiger partial charge is 0.289 e. The number of carbonyl (C=O) groups excluding carboxylic acids is 9. The Labute approximate surface area is 421 Å². The van der Waals surface area contributed by atoms with Crippen LogP contribution in [-0.2, 0) is 40.1 Å². The summed E-state index contributed by atoms with van der Waals surface area (Å²) in [6, 6.07) is 1.28. The van der Waals surface area contributed by atoms with Crippen LogP contribution in [-0.4, -0.2) is 116 Å². The van der Waals surface area contributed by atoms with Crippen LogP contribution in [0.5, 0.6) is 0 Å². The van der Waals surface area contributed by atoms with Gasteiger partial charge in [-0.05, 0) is 117 Å². The van der Waals surface area contributed by atoms with Crippen LogP contribution in [0.15, 0.2) is 30.6 Å². The lowest BCUT2D eigenvalue weighted by molar-refractivity contribution is -0.146. The summed E-state index contributed by atoms with van der Waals surface area (Å²) in [5, 5.41) is 14.0. The first kappa shape index (κ1) is 50.9. The first-order chi connectivity index (χ1) is 34.5. The molecule has 8 amide bonds. The Balaban J connectivity index is 0.853. The molecule has 6 fully saturated rings. The van der Waals surface area contributed by atoms with Crippen molar-refractivity contribution in [1.29, 1.82) is 0 Å². The fourth-order valence-electron chi connectivity index (χ4n) is 12.5. The maximum atomic E-state index is 14.9. The van der Waals surface area contributed by atoms with Gasteiger partial charge in [-0.2, -0.15) is 0 Å². The number of aromatic nitrogens is 2. The van der Waals surface area contributed by atoms with Gasteiger partial charge in [-0.25, -0.2) is 4.98 Å². The van der Waals surface area contributed by atoms with Gasteiger partial charge in [-0.1, -0.05) is 71.9 Å². The van der Waals surface area contributed by atoms with Crippen molar-refractivity contribution < 1.29 is 43.2 Å². The van der Waals surface area contributed by atoms with Crippen molar-refractivity contribution in [2.45, 2.75) is 191 Å². The second-order valence-corrected chi connectivity index (χ2v) is 22.8. The lowest BCUT2D eigenvalue weighted by Crippen LogP contribution is -2.62. The Morgan fingerprint density at radius 1 is 0.833 bits per heavy atom. The van der Waals surface area contributed by atoms with Crippen LogP contribution in [0.1, 0.15) is 186 Å². The third-order valence-corrected chi connectivity index (χ3v) is 16.7. The highest BCUT2D eigenvalue weighted by atomic mass is 16.2. The molecule has 1 aromatic carbocycles. The maximum absolute atomic E-state index is 14.9. The van der Waals surface area contributed by atoms with Crippen LogP contribution in [0.25, 0.3) is 0 Å². The topological polar surface area (TPSA) is 246 Å². The Kier molecular flexibility index (Phi) is 15.0. The highest BCUT2D eigenvalue weighted by Crippen LogP contribution is 2.45. The summed E-state index contributed by atoms with van der Waals surface area (Å²) in [4.78, 5) is 134. The number of hydrogen-bond donors (Lipinski definition) is 5. The molecule has 5 N–H and O–H groups in total. The molecule has 4 heterocycles. The zero-order chi connectivity index (χ0) is 51.0. The van der Waals surface area contributed by atoms with Crippen LogP contribution in [0.4, 0.5) is 0 Å². The highest BCUT2D eigenvalue weighted by Gasteiger charge is 2.53. The summed E-state index contributed by atoms with van der Waals surface area (Å²) < 4.78 is 0. The summed E-state index contributed by atoms with van der Waals surface area (Å²) in [6.07, 6.45) is 15.3. The molecule has 7 aliphatic rings. The number of carbonyl (C=O) groups is 9. The number of likely N-dealkylation sites (tertiary alicyclic amines) is 1. The SMILES string of the molecule is CCC[C@@H](NC(=O)[C@@H]1[C@H]2CCC[C@H]2CN1C(=O)[C@@H](NC(=O)[C@@H](NC(=O)c1cnc([C@H]2CCC(c3ccc4c(c3)CN(C3CCC(=O)NC3=O)C4=O)C2)cn1)C1CCCCC1)C(C)(C)C)C(=O)C(=O)NC1CC1. The lowest BCUT2D eigenvalue weighted by atomic mass is 9.82. The molecule has 1 aromatic heterocycles. The van der Waals surface area contributed by atoms with Gasteiger partial charge < -0.3 is 31.1 Å². The number of nitrogens with zero attached hydrogens (tertiary/aromatic N) is 4. The van der Waals surface area contributed by atoms with Crippen molar-refractivity contribution in [3.05, 3.63) is 58.7 Å². The van der Waals surface area contributed by atoms with Gasteiger partial charge in [0.05, 0.1) is 17.9 Å². The predicted octanol–water partition coefficient (Wildman–Crippen LogP) is 4.26. The van der Waals surface area contributed by atoms with Crippen molar-refractivity contribution in [2.24, 2.45) is 23.2 Å². The Morgan fingerprint density at radius 3 is 2.29 bits per heavy atom. The number of ketones is 1. The predicted molar refractivity (Wildman–Crippen MR) is 262 cm³/mol. The lowest BCUT2D eigenvalue weighted by Gasteiger charge is -2.38. The fourth-order valence-corrected chi connectivity index (χ4v) is 12.5. The van der Waals surface area contributed by atoms with Crippen LogP contribution in [0.3, 0.4) is 0 Å². The van der Waals surface area contributed by atoms with Crippen LogP contribution in [0.2, 0.25) is 0 Å². The maximum Gasteiger partial charge on any atom is 0.289 e. The summed E-state index contributed by atoms with van der Waals surface area (Å²) in [5.41, 5.74) is 2.57. The summed E-state index contributed by atoms with van der Waals surface area (Å²) in [6.45, 7) is 8.11. The molecule has 9 atom stereocenters. The molecular weight excluding hydrogens is 919 g/mol. The molecule has 386 valence electrons. The second kappa shape index (κ2) is 21.2. The quantitative estimate of drug-likeness (QED) is 0.118. The number of imide groups is 1. The largest absolute Gasteiger partial charge is 0.347 e. The number of piperidine rings is 1. The van der Waals surface area contributed by atoms with Gasteiger partial charge in [-0.15, -0.1) is 0 Å². The number of hydrogen-bond acceptors (Lipinski definition) is 11. The zero-order valence-electron chi connectivity index (χ0n) is 42.1. The van der Waals surface area contributed by atoms with Crippen LogP contribution in [0, 0.1) is 23.2 Å². The molecule has 0 radical (unpaired) electrons. The van der Waals surface area contributed by atoms with Crippen LogP contribution < -0.4 is 26.6 Å². The third kappa shape index (κ3) is 10.8. The molecule has 0 spiro atoms. The van der Waals surface area contributed by atoms with E-state index in [1.54, 1.807) is 16.0 Å². The van der Waals surface area contributed by atoms with E-state index in [-0.39, 0.29) is 66.0 Å². The molecule has 2 saturated heterocycles. The van der Waals surface area contributed by atoms with E-state index in [9.17, 15) is 43.2 Å². The first-order valence-electron chi connectivity index (χ1n) is 26.6. The molecule has 2 unspecified atom stereocenters. The third-order valence-electron chi connectivity index (χ3n) is 16.7. The van der Waals surface area contributed by atoms with E-state index < -0.39 is 76.9 Å². The van der Waals surface area contributed by atoms with E-state index in [0.29, 0.717) is 44.3 Å². The number of nitrogens with one attached hydrogen (secondary N) is 5. The number of Topliss-reactive ketones (excluding diaryl/α,β-unsaturated/α-hetero) is 1. The summed E-state index contributed by atoms with van der Waals surface area (Å²) in [5.74, 6) is -4.19. The van der Waals surface area contributed by atoms with E-state index >= 15 is 0 Å². The minimum atomic E-state index is -1.05. The number of amides is 8. The van der Waals surface area contributed by atoms with Gasteiger partial charge in [0.2, 0.25) is 35.3 Å². The van der Waals surface area contributed by atoms with Crippen molar-refractivity contribution in [1.82, 2.24) is 46.4 Å². The van der Waals surface area contributed by atoms with Crippen molar-refractivity contribution in [3.63, 3.8) is 0 Å². The minimum Gasteiger partial charge on any atom is -0.347 e. The van der Waals surface area contributed by atoms with Gasteiger partial charge in [0.15, 0.2) is 0 Å². The zero-order valence-corrected chi connectivity index (χ0v) is 42.1. The van der Waals surface area contributed by atoms with E-state index in [0.717, 1.165) is 87.4 Å². The van der Waals surface area contributed by atoms with Crippen molar-refractivity contribution in [2.75, 3.05) is 6.54 Å².